The molecule has 1 fully saturated rings. The van der Waals surface area contributed by atoms with Crippen molar-refractivity contribution in [3.05, 3.63) is 65.7 Å². The minimum Gasteiger partial charge on any atom is -0.468 e. The maximum absolute atomic E-state index is 13.8. The van der Waals surface area contributed by atoms with Crippen LogP contribution in [-0.4, -0.2) is 71.1 Å². The summed E-state index contributed by atoms with van der Waals surface area (Å²) >= 11 is 0. The van der Waals surface area contributed by atoms with E-state index >= 15 is 0 Å². The van der Waals surface area contributed by atoms with E-state index in [0.717, 1.165) is 0 Å². The number of carbonyl (C=O) groups is 2. The lowest BCUT2D eigenvalue weighted by Gasteiger charge is -2.19. The summed E-state index contributed by atoms with van der Waals surface area (Å²) in [4.78, 5) is 34.7. The SMILES string of the molecule is CCC(=O)COc1nn(-c2ccccc2)c(NC(=O)N[C@@H]2CN(CCOC)O[C@H]2c2ccnc(F)c2)c1C. The van der Waals surface area contributed by atoms with Gasteiger partial charge in [0.25, 0.3) is 0 Å². The van der Waals surface area contributed by atoms with Crippen LogP contribution in [0.2, 0.25) is 0 Å². The minimum absolute atomic E-state index is 0.0660. The summed E-state index contributed by atoms with van der Waals surface area (Å²) in [6.45, 7) is 4.65. The molecule has 202 valence electrons. The Morgan fingerprint density at radius 2 is 2.03 bits per heavy atom. The summed E-state index contributed by atoms with van der Waals surface area (Å²) in [5.41, 5.74) is 1.80. The topological polar surface area (TPSA) is 120 Å². The monoisotopic (exact) mass is 526 g/mol. The molecule has 3 aromatic rings. The molecule has 2 aromatic heterocycles. The van der Waals surface area contributed by atoms with Crippen LogP contribution >= 0.6 is 0 Å². The fourth-order valence-corrected chi connectivity index (χ4v) is 4.02. The molecule has 2 amide bonds. The maximum atomic E-state index is 13.8. The first-order chi connectivity index (χ1) is 18.4. The summed E-state index contributed by atoms with van der Waals surface area (Å²) in [7, 11) is 1.59. The van der Waals surface area contributed by atoms with Crippen LogP contribution in [-0.2, 0) is 14.4 Å². The molecule has 0 radical (unpaired) electrons. The number of nitrogens with zero attached hydrogens (tertiary/aromatic N) is 4. The van der Waals surface area contributed by atoms with Gasteiger partial charge in [-0.25, -0.2) is 14.5 Å². The number of anilines is 1. The van der Waals surface area contributed by atoms with Crippen LogP contribution in [0, 0.1) is 12.9 Å². The second-order valence-corrected chi connectivity index (χ2v) is 8.73. The third-order valence-electron chi connectivity index (χ3n) is 6.04. The van der Waals surface area contributed by atoms with E-state index in [1.54, 1.807) is 36.8 Å². The van der Waals surface area contributed by atoms with Crippen LogP contribution in [0.4, 0.5) is 15.0 Å². The van der Waals surface area contributed by atoms with Gasteiger partial charge in [-0.05, 0) is 36.8 Å². The number of aromatic nitrogens is 3. The van der Waals surface area contributed by atoms with Gasteiger partial charge in [0.2, 0.25) is 11.8 Å². The number of urea groups is 1. The molecule has 2 N–H and O–H groups in total. The van der Waals surface area contributed by atoms with Crippen molar-refractivity contribution in [3.63, 3.8) is 0 Å². The van der Waals surface area contributed by atoms with Crippen LogP contribution in [0.1, 0.15) is 30.6 Å². The number of amides is 2. The molecular formula is C26H31FN6O5. The number of benzene rings is 1. The van der Waals surface area contributed by atoms with Crippen LogP contribution in [0.3, 0.4) is 0 Å². The second-order valence-electron chi connectivity index (χ2n) is 8.73. The van der Waals surface area contributed by atoms with Gasteiger partial charge >= 0.3 is 6.03 Å². The molecular weight excluding hydrogens is 495 g/mol. The minimum atomic E-state index is -0.638. The number of rotatable bonds is 11. The number of halogens is 1. The molecule has 0 unspecified atom stereocenters. The lowest BCUT2D eigenvalue weighted by molar-refractivity contribution is -0.154. The Hall–Kier alpha value is -3.87. The second kappa shape index (κ2) is 12.6. The van der Waals surface area contributed by atoms with Crippen LogP contribution < -0.4 is 15.4 Å². The average molecular weight is 527 g/mol. The first-order valence-electron chi connectivity index (χ1n) is 12.3. The maximum Gasteiger partial charge on any atom is 0.320 e. The molecule has 3 heterocycles. The third-order valence-corrected chi connectivity index (χ3v) is 6.04. The van der Waals surface area contributed by atoms with Crippen LogP contribution in [0.15, 0.2) is 48.7 Å². The van der Waals surface area contributed by atoms with E-state index in [0.29, 0.717) is 48.7 Å². The quantitative estimate of drug-likeness (QED) is 0.366. The highest BCUT2D eigenvalue weighted by atomic mass is 19.1. The Balaban J connectivity index is 1.55. The van der Waals surface area contributed by atoms with Crippen molar-refractivity contribution in [1.29, 1.82) is 0 Å². The summed E-state index contributed by atoms with van der Waals surface area (Å²) < 4.78 is 26.2. The van der Waals surface area contributed by atoms with E-state index < -0.39 is 24.1 Å². The molecule has 0 bridgehead atoms. The predicted molar refractivity (Wildman–Crippen MR) is 137 cm³/mol. The largest absolute Gasteiger partial charge is 0.468 e. The van der Waals surface area contributed by atoms with E-state index in [1.165, 1.54) is 12.3 Å². The first kappa shape index (κ1) is 27.2. The molecule has 12 heteroatoms. The van der Waals surface area contributed by atoms with Gasteiger partial charge in [-0.1, -0.05) is 25.1 Å². The molecule has 1 aromatic carbocycles. The third kappa shape index (κ3) is 6.52. The number of ketones is 1. The number of carbonyl (C=O) groups excluding carboxylic acids is 2. The van der Waals surface area contributed by atoms with Gasteiger partial charge in [0, 0.05) is 32.8 Å². The highest BCUT2D eigenvalue weighted by Crippen LogP contribution is 2.31. The normalized spacial score (nSPS) is 17.4. The Labute approximate surface area is 219 Å². The molecule has 1 aliphatic heterocycles. The molecule has 0 spiro atoms. The smallest absolute Gasteiger partial charge is 0.320 e. The predicted octanol–water partition coefficient (Wildman–Crippen LogP) is 3.20. The fraction of sp³-hybridized carbons (Fsp3) is 0.385. The van der Waals surface area contributed by atoms with Crippen LogP contribution in [0.5, 0.6) is 5.88 Å². The zero-order chi connectivity index (χ0) is 27.1. The van der Waals surface area contributed by atoms with Gasteiger partial charge in [0.05, 0.1) is 23.9 Å². The first-order valence-corrected chi connectivity index (χ1v) is 12.3. The average Bonchev–Trinajstić information content (AvgIpc) is 3.46. The van der Waals surface area contributed by atoms with Crippen molar-refractivity contribution in [3.8, 4) is 11.6 Å². The lowest BCUT2D eigenvalue weighted by atomic mass is 10.0. The molecule has 38 heavy (non-hydrogen) atoms. The van der Waals surface area contributed by atoms with Crippen molar-refractivity contribution in [2.75, 3.05) is 38.7 Å². The van der Waals surface area contributed by atoms with Crippen molar-refractivity contribution in [2.24, 2.45) is 0 Å². The van der Waals surface area contributed by atoms with E-state index in [1.807, 2.05) is 30.3 Å². The van der Waals surface area contributed by atoms with Gasteiger partial charge in [-0.2, -0.15) is 9.45 Å². The number of Topliss-reactive ketones (excluding diaryl/α,β-unsaturated/α-hetero) is 1. The van der Waals surface area contributed by atoms with E-state index in [2.05, 4.69) is 20.7 Å². The van der Waals surface area contributed by atoms with Crippen molar-refractivity contribution in [2.45, 2.75) is 32.4 Å². The van der Waals surface area contributed by atoms with E-state index in [9.17, 15) is 14.0 Å². The van der Waals surface area contributed by atoms with Gasteiger partial charge in [0.15, 0.2) is 5.78 Å². The van der Waals surface area contributed by atoms with Gasteiger partial charge in [-0.3, -0.25) is 14.9 Å². The number of hydroxylamine groups is 2. The Kier molecular flexibility index (Phi) is 9.00. The number of para-hydroxylation sites is 1. The molecule has 1 saturated heterocycles. The fourth-order valence-electron chi connectivity index (χ4n) is 4.02. The summed E-state index contributed by atoms with van der Waals surface area (Å²) in [5.74, 6) is -0.0785. The van der Waals surface area contributed by atoms with E-state index in [4.69, 9.17) is 14.3 Å². The van der Waals surface area contributed by atoms with Gasteiger partial charge in [-0.15, -0.1) is 5.10 Å². The number of pyridine rings is 1. The van der Waals surface area contributed by atoms with E-state index in [-0.39, 0.29) is 18.3 Å². The van der Waals surface area contributed by atoms with Crippen molar-refractivity contribution < 1.29 is 28.3 Å². The number of hydrogen-bond donors (Lipinski definition) is 2. The molecule has 1 aliphatic rings. The van der Waals surface area contributed by atoms with Crippen molar-refractivity contribution in [1.82, 2.24) is 25.1 Å². The van der Waals surface area contributed by atoms with Crippen molar-refractivity contribution >= 4 is 17.6 Å². The highest BCUT2D eigenvalue weighted by Gasteiger charge is 2.37. The number of nitrogens with one attached hydrogen (secondary N) is 2. The number of hydrogen-bond acceptors (Lipinski definition) is 8. The molecule has 0 saturated carbocycles. The van der Waals surface area contributed by atoms with Crippen LogP contribution in [0.25, 0.3) is 5.69 Å². The number of methoxy groups -OCH3 is 1. The summed E-state index contributed by atoms with van der Waals surface area (Å²) in [5, 5.41) is 12.0. The Bertz CT molecular complexity index is 1250. The van der Waals surface area contributed by atoms with Gasteiger partial charge in [0.1, 0.15) is 18.5 Å². The number of ether oxygens (including phenoxy) is 2. The Morgan fingerprint density at radius 1 is 1.24 bits per heavy atom. The zero-order valence-corrected chi connectivity index (χ0v) is 21.5. The molecule has 2 atom stereocenters. The van der Waals surface area contributed by atoms with Gasteiger partial charge < -0.3 is 14.8 Å². The molecule has 11 nitrogen and oxygen atoms in total. The Morgan fingerprint density at radius 3 is 2.74 bits per heavy atom. The molecule has 0 aliphatic carbocycles. The molecule has 4 rings (SSSR count). The lowest BCUT2D eigenvalue weighted by Crippen LogP contribution is -2.42. The highest BCUT2D eigenvalue weighted by molar-refractivity contribution is 5.90. The zero-order valence-electron chi connectivity index (χ0n) is 21.5. The summed E-state index contributed by atoms with van der Waals surface area (Å²) in [6, 6.07) is 11.2. The standard InChI is InChI=1S/C26H31FN6O5/c1-4-20(34)16-37-25-17(2)24(33(31-25)19-8-6-5-7-9-19)30-26(35)29-21-15-32(12-13-36-3)38-23(21)18-10-11-28-22(27)14-18/h5-11,14,21,23H,4,12-13,15-16H2,1-3H3,(H2,29,30,35)/t21-,23+/m1/s1. The summed E-state index contributed by atoms with van der Waals surface area (Å²) in [6.07, 6.45) is 1.07.